The first kappa shape index (κ1) is 20.3. The average Bonchev–Trinajstić information content (AvgIpc) is 2.92. The summed E-state index contributed by atoms with van der Waals surface area (Å²) in [5.41, 5.74) is 7.41. The van der Waals surface area contributed by atoms with Gasteiger partial charge in [0.15, 0.2) is 0 Å². The molecule has 2 aliphatic rings. The maximum absolute atomic E-state index is 11.5. The van der Waals surface area contributed by atoms with Crippen LogP contribution in [0.3, 0.4) is 0 Å². The normalized spacial score (nSPS) is 25.2. The van der Waals surface area contributed by atoms with Crippen molar-refractivity contribution in [1.82, 2.24) is 10.2 Å². The van der Waals surface area contributed by atoms with E-state index < -0.39 is 0 Å². The Labute approximate surface area is 164 Å². The SMILES string of the molecule is CCC(CC)CNCCCN1C2CCC1CC(c1cccc(C(N)=O)c1)C2. The lowest BCUT2D eigenvalue weighted by molar-refractivity contribution is 0.1000. The second-order valence-corrected chi connectivity index (χ2v) is 8.52. The molecule has 27 heavy (non-hydrogen) atoms. The largest absolute Gasteiger partial charge is 0.366 e. The fourth-order valence-electron chi connectivity index (χ4n) is 5.13. The monoisotopic (exact) mass is 371 g/mol. The Morgan fingerprint density at radius 1 is 1.22 bits per heavy atom. The average molecular weight is 372 g/mol. The standard InChI is InChI=1S/C23H37N3O/c1-3-17(4-2)16-25-11-6-12-26-21-9-10-22(26)15-20(14-21)18-7-5-8-19(13-18)23(24)27/h5,7-8,13,17,20-22,25H,3-4,6,9-12,14-16H2,1-2H3,(H2,24,27). The molecule has 150 valence electrons. The summed E-state index contributed by atoms with van der Waals surface area (Å²) in [5.74, 6) is 1.08. The molecule has 1 amide bonds. The van der Waals surface area contributed by atoms with Gasteiger partial charge in [0.25, 0.3) is 0 Å². The molecule has 2 fully saturated rings. The number of nitrogens with one attached hydrogen (secondary N) is 1. The van der Waals surface area contributed by atoms with Gasteiger partial charge in [0.1, 0.15) is 0 Å². The fraction of sp³-hybridized carbons (Fsp3) is 0.696. The quantitative estimate of drug-likeness (QED) is 0.613. The molecule has 4 heteroatoms. The summed E-state index contributed by atoms with van der Waals surface area (Å²) in [6, 6.07) is 9.42. The lowest BCUT2D eigenvalue weighted by atomic mass is 9.84. The molecule has 3 N–H and O–H groups in total. The molecule has 3 rings (SSSR count). The van der Waals surface area contributed by atoms with Gasteiger partial charge in [-0.1, -0.05) is 38.8 Å². The van der Waals surface area contributed by atoms with Crippen LogP contribution in [0.1, 0.15) is 80.6 Å². The van der Waals surface area contributed by atoms with Gasteiger partial charge in [0.05, 0.1) is 0 Å². The minimum Gasteiger partial charge on any atom is -0.366 e. The van der Waals surface area contributed by atoms with Gasteiger partial charge in [0.2, 0.25) is 5.91 Å². The van der Waals surface area contributed by atoms with Crippen LogP contribution in [0.4, 0.5) is 0 Å². The van der Waals surface area contributed by atoms with Crippen LogP contribution in [-0.4, -0.2) is 42.5 Å². The minimum absolute atomic E-state index is 0.321. The molecule has 2 atom stereocenters. The first-order chi connectivity index (χ1) is 13.1. The van der Waals surface area contributed by atoms with Crippen molar-refractivity contribution in [2.45, 2.75) is 76.8 Å². The number of benzene rings is 1. The Balaban J connectivity index is 1.48. The minimum atomic E-state index is -0.321. The lowest BCUT2D eigenvalue weighted by Crippen LogP contribution is -2.43. The summed E-state index contributed by atoms with van der Waals surface area (Å²) in [6.07, 6.45) is 8.90. The first-order valence-corrected chi connectivity index (χ1v) is 11.0. The number of carbonyl (C=O) groups is 1. The topological polar surface area (TPSA) is 58.4 Å². The zero-order valence-electron chi connectivity index (χ0n) is 17.1. The summed E-state index contributed by atoms with van der Waals surface area (Å²) in [4.78, 5) is 14.3. The van der Waals surface area contributed by atoms with E-state index in [2.05, 4.69) is 30.1 Å². The highest BCUT2D eigenvalue weighted by Gasteiger charge is 2.40. The van der Waals surface area contributed by atoms with Crippen LogP contribution in [0.25, 0.3) is 0 Å². The summed E-state index contributed by atoms with van der Waals surface area (Å²) in [6.45, 7) is 8.10. The third-order valence-corrected chi connectivity index (χ3v) is 6.88. The van der Waals surface area contributed by atoms with Crippen molar-refractivity contribution in [3.05, 3.63) is 35.4 Å². The van der Waals surface area contributed by atoms with Crippen molar-refractivity contribution >= 4 is 5.91 Å². The summed E-state index contributed by atoms with van der Waals surface area (Å²) < 4.78 is 0. The van der Waals surface area contributed by atoms with Crippen LogP contribution in [-0.2, 0) is 0 Å². The number of primary amides is 1. The van der Waals surface area contributed by atoms with E-state index in [4.69, 9.17) is 5.73 Å². The third kappa shape index (κ3) is 5.11. The molecule has 1 aromatic rings. The fourth-order valence-corrected chi connectivity index (χ4v) is 5.13. The van der Waals surface area contributed by atoms with Crippen LogP contribution in [0, 0.1) is 5.92 Å². The number of nitrogens with two attached hydrogens (primary N) is 1. The molecule has 2 saturated heterocycles. The van der Waals surface area contributed by atoms with Crippen molar-refractivity contribution in [3.8, 4) is 0 Å². The van der Waals surface area contributed by atoms with Gasteiger partial charge in [-0.2, -0.15) is 0 Å². The second kappa shape index (κ2) is 9.70. The zero-order valence-corrected chi connectivity index (χ0v) is 17.1. The molecule has 2 aliphatic heterocycles. The van der Waals surface area contributed by atoms with E-state index in [9.17, 15) is 4.79 Å². The molecular formula is C23H37N3O. The lowest BCUT2D eigenvalue weighted by Gasteiger charge is -2.39. The maximum atomic E-state index is 11.5. The van der Waals surface area contributed by atoms with Gasteiger partial charge in [-0.05, 0) is 81.3 Å². The number of fused-ring (bicyclic) bond motifs is 2. The number of amides is 1. The molecule has 2 unspecified atom stereocenters. The van der Waals surface area contributed by atoms with Crippen molar-refractivity contribution in [1.29, 1.82) is 0 Å². The molecule has 0 aliphatic carbocycles. The molecule has 4 nitrogen and oxygen atoms in total. The summed E-state index contributed by atoms with van der Waals surface area (Å²) in [7, 11) is 0. The van der Waals surface area contributed by atoms with Crippen molar-refractivity contribution in [2.24, 2.45) is 11.7 Å². The van der Waals surface area contributed by atoms with Gasteiger partial charge >= 0.3 is 0 Å². The highest BCUT2D eigenvalue weighted by molar-refractivity contribution is 5.92. The highest BCUT2D eigenvalue weighted by Crippen LogP contribution is 2.43. The molecule has 2 bridgehead atoms. The van der Waals surface area contributed by atoms with Crippen LogP contribution in [0.5, 0.6) is 0 Å². The van der Waals surface area contributed by atoms with Crippen LogP contribution in [0.15, 0.2) is 24.3 Å². The Morgan fingerprint density at radius 2 is 1.93 bits per heavy atom. The Kier molecular flexibility index (Phi) is 7.31. The molecule has 0 aromatic heterocycles. The molecule has 2 heterocycles. The third-order valence-electron chi connectivity index (χ3n) is 6.88. The van der Waals surface area contributed by atoms with E-state index in [-0.39, 0.29) is 5.91 Å². The summed E-state index contributed by atoms with van der Waals surface area (Å²) in [5, 5.41) is 3.66. The molecular weight excluding hydrogens is 334 g/mol. The maximum Gasteiger partial charge on any atom is 0.248 e. The Morgan fingerprint density at radius 3 is 2.56 bits per heavy atom. The van der Waals surface area contributed by atoms with Crippen LogP contribution < -0.4 is 11.1 Å². The summed E-state index contributed by atoms with van der Waals surface area (Å²) >= 11 is 0. The van der Waals surface area contributed by atoms with Gasteiger partial charge in [-0.25, -0.2) is 0 Å². The smallest absolute Gasteiger partial charge is 0.248 e. The van der Waals surface area contributed by atoms with E-state index >= 15 is 0 Å². The first-order valence-electron chi connectivity index (χ1n) is 11.0. The zero-order chi connectivity index (χ0) is 19.2. The van der Waals surface area contributed by atoms with Crippen molar-refractivity contribution in [3.63, 3.8) is 0 Å². The van der Waals surface area contributed by atoms with E-state index in [0.29, 0.717) is 23.6 Å². The molecule has 0 radical (unpaired) electrons. The molecule has 0 spiro atoms. The second-order valence-electron chi connectivity index (χ2n) is 8.52. The van der Waals surface area contributed by atoms with Crippen molar-refractivity contribution < 1.29 is 4.79 Å². The number of nitrogens with zero attached hydrogens (tertiary/aromatic N) is 1. The van der Waals surface area contributed by atoms with Gasteiger partial charge in [0, 0.05) is 17.6 Å². The number of rotatable bonds is 10. The van der Waals surface area contributed by atoms with E-state index in [0.717, 1.165) is 19.0 Å². The van der Waals surface area contributed by atoms with Gasteiger partial charge < -0.3 is 11.1 Å². The number of piperidine rings is 1. The van der Waals surface area contributed by atoms with Crippen molar-refractivity contribution in [2.75, 3.05) is 19.6 Å². The van der Waals surface area contributed by atoms with Gasteiger partial charge in [-0.3, -0.25) is 9.69 Å². The Hall–Kier alpha value is -1.39. The molecule has 1 aromatic carbocycles. The number of hydrogen-bond donors (Lipinski definition) is 2. The predicted molar refractivity (Wildman–Crippen MR) is 112 cm³/mol. The number of hydrogen-bond acceptors (Lipinski definition) is 3. The van der Waals surface area contributed by atoms with Crippen LogP contribution in [0.2, 0.25) is 0 Å². The molecule has 0 saturated carbocycles. The number of carbonyl (C=O) groups excluding carboxylic acids is 1. The van der Waals surface area contributed by atoms with Crippen LogP contribution >= 0.6 is 0 Å². The van der Waals surface area contributed by atoms with E-state index in [1.807, 2.05) is 18.2 Å². The Bertz CT molecular complexity index is 599. The van der Waals surface area contributed by atoms with Gasteiger partial charge in [-0.15, -0.1) is 0 Å². The van der Waals surface area contributed by atoms with E-state index in [1.54, 1.807) is 0 Å². The van der Waals surface area contributed by atoms with E-state index in [1.165, 1.54) is 57.1 Å². The predicted octanol–water partition coefficient (Wildman–Crippen LogP) is 3.91. The highest BCUT2D eigenvalue weighted by atomic mass is 16.1.